The van der Waals surface area contributed by atoms with Gasteiger partial charge >= 0.3 is 0 Å². The van der Waals surface area contributed by atoms with E-state index in [1.165, 1.54) is 0 Å². The molecule has 3 heterocycles. The van der Waals surface area contributed by atoms with E-state index < -0.39 is 0 Å². The number of hydrogen-bond donors (Lipinski definition) is 2. The van der Waals surface area contributed by atoms with Crippen molar-refractivity contribution in [3.05, 3.63) is 24.2 Å². The van der Waals surface area contributed by atoms with Gasteiger partial charge < -0.3 is 15.0 Å². The Morgan fingerprint density at radius 1 is 1.40 bits per heavy atom. The summed E-state index contributed by atoms with van der Waals surface area (Å²) in [6.07, 6.45) is 8.81. The number of hydrogen-bond acceptors (Lipinski definition) is 6. The van der Waals surface area contributed by atoms with Crippen LogP contribution >= 0.6 is 0 Å². The first-order valence-electron chi connectivity index (χ1n) is 7.75. The maximum atomic E-state index is 8.95. The van der Waals surface area contributed by atoms with Gasteiger partial charge in [-0.1, -0.05) is 5.92 Å². The van der Waals surface area contributed by atoms with Crippen LogP contribution < -0.4 is 10.1 Å². The Hall–Kier alpha value is -3.52. The Kier molecular flexibility index (Phi) is 4.27. The van der Waals surface area contributed by atoms with E-state index in [4.69, 9.17) is 16.4 Å². The molecule has 0 fully saturated rings. The second-order valence-corrected chi connectivity index (χ2v) is 5.75. The van der Waals surface area contributed by atoms with Gasteiger partial charge in [0.25, 0.3) is 5.88 Å². The summed E-state index contributed by atoms with van der Waals surface area (Å²) in [5.41, 5.74) is 1.62. The highest BCUT2D eigenvalue weighted by Crippen LogP contribution is 2.28. The maximum Gasteiger partial charge on any atom is 0.257 e. The molecule has 3 rings (SSSR count). The van der Waals surface area contributed by atoms with Gasteiger partial charge in [0.2, 0.25) is 5.95 Å². The highest BCUT2D eigenvalue weighted by molar-refractivity contribution is 5.78. The number of ether oxygens (including phenoxy) is 1. The summed E-state index contributed by atoms with van der Waals surface area (Å²) in [4.78, 5) is 11.6. The summed E-state index contributed by atoms with van der Waals surface area (Å²) in [5, 5.41) is 17.2. The quantitative estimate of drug-likeness (QED) is 0.695. The molecule has 0 radical (unpaired) electrons. The van der Waals surface area contributed by atoms with Gasteiger partial charge in [-0.2, -0.15) is 10.2 Å². The largest absolute Gasteiger partial charge is 0.472 e. The normalized spacial score (nSPS) is 11.9. The second kappa shape index (κ2) is 6.54. The maximum absolute atomic E-state index is 8.95. The summed E-state index contributed by atoms with van der Waals surface area (Å²) >= 11 is 0. The van der Waals surface area contributed by atoms with Crippen LogP contribution in [-0.2, 0) is 0 Å². The number of aromatic nitrogens is 5. The van der Waals surface area contributed by atoms with Crippen LogP contribution in [0.3, 0.4) is 0 Å². The lowest BCUT2D eigenvalue weighted by atomic mass is 10.4. The first-order valence-corrected chi connectivity index (χ1v) is 7.75. The number of nitrogens with one attached hydrogen (secondary N) is 2. The number of terminal acetylenes is 1. The lowest BCUT2D eigenvalue weighted by molar-refractivity contribution is 0.230. The molecule has 126 valence electrons. The molecule has 25 heavy (non-hydrogen) atoms. The van der Waals surface area contributed by atoms with Crippen molar-refractivity contribution >= 4 is 22.7 Å². The Bertz CT molecular complexity index is 987. The van der Waals surface area contributed by atoms with Gasteiger partial charge in [0.1, 0.15) is 29.1 Å². The molecule has 8 heteroatoms. The third-order valence-electron chi connectivity index (χ3n) is 3.42. The zero-order valence-electron chi connectivity index (χ0n) is 14.1. The van der Waals surface area contributed by atoms with Crippen LogP contribution in [0.25, 0.3) is 11.0 Å². The van der Waals surface area contributed by atoms with E-state index in [0.717, 1.165) is 5.39 Å². The molecule has 8 nitrogen and oxygen atoms in total. The Labute approximate surface area is 144 Å². The van der Waals surface area contributed by atoms with E-state index in [1.54, 1.807) is 23.1 Å². The van der Waals surface area contributed by atoms with Gasteiger partial charge in [-0.25, -0.2) is 4.98 Å². The first-order chi connectivity index (χ1) is 12.0. The fourth-order valence-corrected chi connectivity index (χ4v) is 2.20. The Morgan fingerprint density at radius 2 is 2.20 bits per heavy atom. The van der Waals surface area contributed by atoms with Crippen LogP contribution in [0, 0.1) is 23.7 Å². The third-order valence-corrected chi connectivity index (χ3v) is 3.42. The van der Waals surface area contributed by atoms with Crippen LogP contribution in [0.2, 0.25) is 0 Å². The minimum Gasteiger partial charge on any atom is -0.472 e. The standard InChI is InChI=1S/C17H17N7O/c1-5-11(4)24-9-14(16(23-24)25-10(2)3)21-17-19-8-12-6-13(7-18)20-15(12)22-17/h1,6,8-11H,2-4H3,(H2,19,20,21,22). The number of nitrogens with zero attached hydrogens (tertiary/aromatic N) is 5. The van der Waals surface area contributed by atoms with Gasteiger partial charge in [0, 0.05) is 11.6 Å². The number of anilines is 2. The highest BCUT2D eigenvalue weighted by Gasteiger charge is 2.16. The molecule has 0 aliphatic rings. The van der Waals surface area contributed by atoms with Crippen molar-refractivity contribution in [1.29, 1.82) is 5.26 Å². The van der Waals surface area contributed by atoms with Crippen molar-refractivity contribution in [2.75, 3.05) is 5.32 Å². The van der Waals surface area contributed by atoms with E-state index in [0.29, 0.717) is 28.9 Å². The number of H-pyrrole nitrogens is 1. The van der Waals surface area contributed by atoms with Crippen LogP contribution in [0.15, 0.2) is 18.5 Å². The van der Waals surface area contributed by atoms with Crippen molar-refractivity contribution in [1.82, 2.24) is 24.7 Å². The van der Waals surface area contributed by atoms with Crippen LogP contribution in [0.4, 0.5) is 11.6 Å². The molecule has 0 aliphatic carbocycles. The van der Waals surface area contributed by atoms with E-state index in [2.05, 4.69) is 31.3 Å². The third kappa shape index (κ3) is 3.38. The van der Waals surface area contributed by atoms with Gasteiger partial charge in [-0.05, 0) is 26.8 Å². The molecule has 0 saturated heterocycles. The number of fused-ring (bicyclic) bond motifs is 1. The molecule has 1 atom stereocenters. The first kappa shape index (κ1) is 16.3. The second-order valence-electron chi connectivity index (χ2n) is 5.75. The van der Waals surface area contributed by atoms with E-state index in [1.807, 2.05) is 26.8 Å². The van der Waals surface area contributed by atoms with Gasteiger partial charge in [0.05, 0.1) is 12.3 Å². The van der Waals surface area contributed by atoms with Crippen LogP contribution in [0.5, 0.6) is 5.88 Å². The molecule has 0 aromatic carbocycles. The summed E-state index contributed by atoms with van der Waals surface area (Å²) in [6, 6.07) is 3.52. The monoisotopic (exact) mass is 335 g/mol. The Balaban J connectivity index is 1.94. The lowest BCUT2D eigenvalue weighted by Crippen LogP contribution is -2.09. The van der Waals surface area contributed by atoms with Gasteiger partial charge in [0.15, 0.2) is 0 Å². The summed E-state index contributed by atoms with van der Waals surface area (Å²) in [6.45, 7) is 5.69. The molecule has 0 amide bonds. The predicted molar refractivity (Wildman–Crippen MR) is 93.4 cm³/mol. The molecule has 0 saturated carbocycles. The average molecular weight is 335 g/mol. The molecule has 2 N–H and O–H groups in total. The Morgan fingerprint density at radius 3 is 2.88 bits per heavy atom. The fraction of sp³-hybridized carbons (Fsp3) is 0.294. The van der Waals surface area contributed by atoms with Crippen LogP contribution in [-0.4, -0.2) is 30.8 Å². The van der Waals surface area contributed by atoms with Gasteiger partial charge in [-0.15, -0.1) is 11.5 Å². The van der Waals surface area contributed by atoms with E-state index in [9.17, 15) is 0 Å². The summed E-state index contributed by atoms with van der Waals surface area (Å²) in [5.74, 6) is 3.41. The minimum atomic E-state index is -0.213. The highest BCUT2D eigenvalue weighted by atomic mass is 16.5. The zero-order valence-corrected chi connectivity index (χ0v) is 14.1. The molecule has 0 aliphatic heterocycles. The van der Waals surface area contributed by atoms with E-state index >= 15 is 0 Å². The van der Waals surface area contributed by atoms with Crippen molar-refractivity contribution in [2.45, 2.75) is 32.9 Å². The van der Waals surface area contributed by atoms with Crippen molar-refractivity contribution in [2.24, 2.45) is 0 Å². The fourth-order valence-electron chi connectivity index (χ4n) is 2.20. The lowest BCUT2D eigenvalue weighted by Gasteiger charge is -2.09. The summed E-state index contributed by atoms with van der Waals surface area (Å²) in [7, 11) is 0. The molecule has 0 bridgehead atoms. The molecule has 3 aromatic heterocycles. The molecular formula is C17H17N7O. The van der Waals surface area contributed by atoms with Crippen LogP contribution in [0.1, 0.15) is 32.5 Å². The molecule has 3 aromatic rings. The number of rotatable bonds is 5. The summed E-state index contributed by atoms with van der Waals surface area (Å²) < 4.78 is 7.37. The van der Waals surface area contributed by atoms with Crippen molar-refractivity contribution in [3.8, 4) is 24.3 Å². The minimum absolute atomic E-state index is 0.0463. The molecule has 0 spiro atoms. The topological polar surface area (TPSA) is 104 Å². The smallest absolute Gasteiger partial charge is 0.257 e. The zero-order chi connectivity index (χ0) is 18.0. The SMILES string of the molecule is C#CC(C)n1cc(Nc2ncc3cc(C#N)[nH]c3n2)c(OC(C)C)n1. The van der Waals surface area contributed by atoms with E-state index in [-0.39, 0.29) is 12.1 Å². The number of nitriles is 1. The predicted octanol–water partition coefficient (Wildman–Crippen LogP) is 2.75. The average Bonchev–Trinajstić information content (AvgIpc) is 3.17. The van der Waals surface area contributed by atoms with Crippen molar-refractivity contribution in [3.63, 3.8) is 0 Å². The molecule has 1 unspecified atom stereocenters. The van der Waals surface area contributed by atoms with Crippen molar-refractivity contribution < 1.29 is 4.74 Å². The van der Waals surface area contributed by atoms with Gasteiger partial charge in [-0.3, -0.25) is 4.68 Å². The number of aromatic amines is 1. The molecular weight excluding hydrogens is 318 g/mol.